The zero-order valence-electron chi connectivity index (χ0n) is 17.8. The number of fused-ring (bicyclic) bond motifs is 1. The fraction of sp³-hybridized carbons (Fsp3) is 0.154. The van der Waals surface area contributed by atoms with E-state index >= 15 is 0 Å². The predicted octanol–water partition coefficient (Wildman–Crippen LogP) is 4.83. The molecular weight excluding hydrogens is 409 g/mol. The molecule has 6 heteroatoms. The first-order valence-corrected chi connectivity index (χ1v) is 10.2. The number of benzene rings is 3. The average molecular weight is 431 g/mol. The van der Waals surface area contributed by atoms with Crippen LogP contribution in [0, 0.1) is 5.82 Å². The van der Waals surface area contributed by atoms with Crippen molar-refractivity contribution in [1.82, 2.24) is 4.57 Å². The van der Waals surface area contributed by atoms with Crippen molar-refractivity contribution in [2.45, 2.75) is 13.5 Å². The minimum Gasteiger partial charge on any atom is -0.497 e. The van der Waals surface area contributed by atoms with Gasteiger partial charge >= 0.3 is 0 Å². The highest BCUT2D eigenvalue weighted by Gasteiger charge is 2.18. The van der Waals surface area contributed by atoms with Crippen LogP contribution in [0.3, 0.4) is 0 Å². The van der Waals surface area contributed by atoms with Crippen molar-refractivity contribution in [2.24, 2.45) is 0 Å². The second kappa shape index (κ2) is 9.06. The monoisotopic (exact) mass is 431 g/mol. The smallest absolute Gasteiger partial charge is 0.200 e. The molecule has 0 unspecified atom stereocenters. The topological polar surface area (TPSA) is 57.5 Å². The summed E-state index contributed by atoms with van der Waals surface area (Å²) in [4.78, 5) is 26.3. The molecule has 3 aromatic carbocycles. The molecule has 162 valence electrons. The molecule has 4 aromatic rings. The number of pyridine rings is 1. The van der Waals surface area contributed by atoms with Gasteiger partial charge in [-0.3, -0.25) is 9.59 Å². The second-order valence-electron chi connectivity index (χ2n) is 7.30. The number of aromatic nitrogens is 1. The molecule has 0 saturated heterocycles. The molecule has 0 fully saturated rings. The lowest BCUT2D eigenvalue weighted by molar-refractivity contribution is 0.103. The third-order valence-electron chi connectivity index (χ3n) is 5.20. The van der Waals surface area contributed by atoms with Crippen molar-refractivity contribution in [3.05, 3.63) is 106 Å². The van der Waals surface area contributed by atoms with E-state index in [0.717, 1.165) is 5.56 Å². The van der Waals surface area contributed by atoms with Gasteiger partial charge in [-0.25, -0.2) is 4.39 Å². The van der Waals surface area contributed by atoms with E-state index in [1.54, 1.807) is 48.2 Å². The molecule has 0 N–H and O–H groups in total. The van der Waals surface area contributed by atoms with Crippen LogP contribution in [0.4, 0.5) is 4.39 Å². The fourth-order valence-electron chi connectivity index (χ4n) is 3.65. The van der Waals surface area contributed by atoms with Crippen LogP contribution in [0.15, 0.2) is 77.7 Å². The van der Waals surface area contributed by atoms with Crippen molar-refractivity contribution >= 4 is 16.7 Å². The van der Waals surface area contributed by atoms with Crippen LogP contribution >= 0.6 is 0 Å². The predicted molar refractivity (Wildman–Crippen MR) is 121 cm³/mol. The van der Waals surface area contributed by atoms with E-state index in [-0.39, 0.29) is 10.9 Å². The average Bonchev–Trinajstić information content (AvgIpc) is 2.81. The van der Waals surface area contributed by atoms with Crippen molar-refractivity contribution in [2.75, 3.05) is 13.7 Å². The number of methoxy groups -OCH3 is 1. The van der Waals surface area contributed by atoms with Gasteiger partial charge in [-0.15, -0.1) is 0 Å². The third-order valence-corrected chi connectivity index (χ3v) is 5.20. The van der Waals surface area contributed by atoms with E-state index in [1.807, 2.05) is 31.2 Å². The zero-order chi connectivity index (χ0) is 22.7. The summed E-state index contributed by atoms with van der Waals surface area (Å²) < 4.78 is 26.5. The molecule has 32 heavy (non-hydrogen) atoms. The Morgan fingerprint density at radius 3 is 2.50 bits per heavy atom. The Morgan fingerprint density at radius 1 is 1.00 bits per heavy atom. The van der Waals surface area contributed by atoms with Crippen LogP contribution in [0.5, 0.6) is 11.5 Å². The summed E-state index contributed by atoms with van der Waals surface area (Å²) in [5.74, 6) is 0.376. The molecule has 0 bridgehead atoms. The lowest BCUT2D eigenvalue weighted by atomic mass is 10.0. The lowest BCUT2D eigenvalue weighted by Crippen LogP contribution is -2.20. The van der Waals surface area contributed by atoms with Gasteiger partial charge < -0.3 is 14.0 Å². The van der Waals surface area contributed by atoms with Crippen LogP contribution in [-0.4, -0.2) is 24.1 Å². The van der Waals surface area contributed by atoms with Crippen LogP contribution in [0.2, 0.25) is 0 Å². The van der Waals surface area contributed by atoms with Crippen LogP contribution in [0.25, 0.3) is 10.9 Å². The molecule has 0 aliphatic rings. The summed E-state index contributed by atoms with van der Waals surface area (Å²) in [6, 6.07) is 18.1. The van der Waals surface area contributed by atoms with Crippen molar-refractivity contribution in [3.63, 3.8) is 0 Å². The Hall–Kier alpha value is -3.93. The van der Waals surface area contributed by atoms with Crippen molar-refractivity contribution in [3.8, 4) is 11.5 Å². The zero-order valence-corrected chi connectivity index (χ0v) is 17.8. The standard InChI is InChI=1S/C26H22FNO4/c1-3-32-20-10-7-18(8-11-20)25(29)23-16-28(15-17-5-4-6-21(13-17)31-2)24-12-9-19(27)14-22(24)26(23)30/h4-14,16H,3,15H2,1-2H3. The van der Waals surface area contributed by atoms with Gasteiger partial charge in [0.05, 0.1) is 24.8 Å². The maximum atomic E-state index is 14.0. The maximum Gasteiger partial charge on any atom is 0.200 e. The molecule has 0 radical (unpaired) electrons. The molecule has 5 nitrogen and oxygen atoms in total. The summed E-state index contributed by atoms with van der Waals surface area (Å²) in [6.07, 6.45) is 1.54. The van der Waals surface area contributed by atoms with Gasteiger partial charge in [-0.1, -0.05) is 12.1 Å². The molecule has 0 amide bonds. The largest absolute Gasteiger partial charge is 0.497 e. The Bertz CT molecular complexity index is 1340. The quantitative estimate of drug-likeness (QED) is 0.394. The van der Waals surface area contributed by atoms with Gasteiger partial charge in [0.25, 0.3) is 0 Å². The number of halogens is 1. The Kier molecular flexibility index (Phi) is 6.03. The second-order valence-corrected chi connectivity index (χ2v) is 7.30. The number of carbonyl (C=O) groups is 1. The van der Waals surface area contributed by atoms with Crippen LogP contribution < -0.4 is 14.9 Å². The third kappa shape index (κ3) is 4.25. The molecular formula is C26H22FNO4. The molecule has 0 spiro atoms. The number of rotatable bonds is 7. The Balaban J connectivity index is 1.82. The molecule has 0 saturated carbocycles. The van der Waals surface area contributed by atoms with E-state index in [2.05, 4.69) is 0 Å². The van der Waals surface area contributed by atoms with Crippen LogP contribution in [-0.2, 0) is 6.54 Å². The molecule has 0 atom stereocenters. The summed E-state index contributed by atoms with van der Waals surface area (Å²) >= 11 is 0. The normalized spacial score (nSPS) is 10.8. The van der Waals surface area contributed by atoms with Crippen molar-refractivity contribution in [1.29, 1.82) is 0 Å². The molecule has 4 rings (SSSR count). The Labute approximate surface area is 184 Å². The highest BCUT2D eigenvalue weighted by Crippen LogP contribution is 2.20. The summed E-state index contributed by atoms with van der Waals surface area (Å²) in [5.41, 5.74) is 1.30. The first kappa shape index (κ1) is 21.3. The van der Waals surface area contributed by atoms with Gasteiger partial charge in [-0.2, -0.15) is 0 Å². The number of hydrogen-bond acceptors (Lipinski definition) is 4. The SMILES string of the molecule is CCOc1ccc(C(=O)c2cn(Cc3cccc(OC)c3)c3ccc(F)cc3c2=O)cc1. The van der Waals surface area contributed by atoms with E-state index in [4.69, 9.17) is 9.47 Å². The van der Waals surface area contributed by atoms with Crippen molar-refractivity contribution < 1.29 is 18.7 Å². The van der Waals surface area contributed by atoms with Gasteiger partial charge in [0.15, 0.2) is 5.78 Å². The van der Waals surface area contributed by atoms with E-state index in [1.165, 1.54) is 12.1 Å². The number of hydrogen-bond donors (Lipinski definition) is 0. The highest BCUT2D eigenvalue weighted by atomic mass is 19.1. The molecule has 0 aliphatic carbocycles. The minimum atomic E-state index is -0.534. The fourth-order valence-corrected chi connectivity index (χ4v) is 3.65. The molecule has 1 heterocycles. The summed E-state index contributed by atoms with van der Waals surface area (Å²) in [5, 5.41) is 0.157. The number of ether oxygens (including phenoxy) is 2. The van der Waals surface area contributed by atoms with Gasteiger partial charge in [0.2, 0.25) is 5.43 Å². The molecule has 1 aromatic heterocycles. The molecule has 0 aliphatic heterocycles. The van der Waals surface area contributed by atoms with Gasteiger partial charge in [-0.05, 0) is 67.1 Å². The van der Waals surface area contributed by atoms with E-state index in [9.17, 15) is 14.0 Å². The van der Waals surface area contributed by atoms with Crippen LogP contribution in [0.1, 0.15) is 28.4 Å². The number of ketones is 1. The first-order valence-electron chi connectivity index (χ1n) is 10.2. The Morgan fingerprint density at radius 2 is 1.78 bits per heavy atom. The highest BCUT2D eigenvalue weighted by molar-refractivity contribution is 6.10. The van der Waals surface area contributed by atoms with Gasteiger partial charge in [0, 0.05) is 23.7 Å². The van der Waals surface area contributed by atoms with E-state index < -0.39 is 17.0 Å². The van der Waals surface area contributed by atoms with E-state index in [0.29, 0.717) is 35.7 Å². The summed E-state index contributed by atoms with van der Waals surface area (Å²) in [7, 11) is 1.59. The summed E-state index contributed by atoms with van der Waals surface area (Å²) in [6.45, 7) is 2.76. The van der Waals surface area contributed by atoms with Gasteiger partial charge in [0.1, 0.15) is 17.3 Å². The number of carbonyl (C=O) groups excluding carboxylic acids is 1. The maximum absolute atomic E-state index is 14.0. The minimum absolute atomic E-state index is 0.0184. The lowest BCUT2D eigenvalue weighted by Gasteiger charge is -2.14. The number of nitrogens with zero attached hydrogens (tertiary/aromatic N) is 1. The first-order chi connectivity index (χ1) is 15.5.